The van der Waals surface area contributed by atoms with Gasteiger partial charge in [-0.25, -0.2) is 4.39 Å². The van der Waals surface area contributed by atoms with Crippen LogP contribution in [0.1, 0.15) is 16.7 Å². The topological polar surface area (TPSA) is 80.7 Å². The first-order valence-electron chi connectivity index (χ1n) is 11.7. The quantitative estimate of drug-likeness (QED) is 0.283. The minimum absolute atomic E-state index is 0.238. The van der Waals surface area contributed by atoms with E-state index in [1.807, 2.05) is 49.4 Å². The third-order valence-corrected chi connectivity index (χ3v) is 8.19. The largest absolute Gasteiger partial charge is 0.452 e. The van der Waals surface area contributed by atoms with Crippen LogP contribution in [0.5, 0.6) is 0 Å². The number of hydrogen-bond donors (Lipinski definition) is 0. The molecule has 4 heterocycles. The van der Waals surface area contributed by atoms with E-state index in [1.165, 1.54) is 16.6 Å². The van der Waals surface area contributed by atoms with Gasteiger partial charge in [0.15, 0.2) is 5.76 Å². The number of thiazole rings is 1. The van der Waals surface area contributed by atoms with Gasteiger partial charge in [0.25, 0.3) is 11.5 Å². The van der Waals surface area contributed by atoms with E-state index in [4.69, 9.17) is 4.42 Å². The standard InChI is InChI=1S/C28H16BrFN4O3S/c1-14-18-4-2-3-5-21(18)37-23(14)25-31-28-34(32-25)27(36)24(38-28)22-19-12-16(29)8-11-20(19)33(26(22)35)13-15-6-9-17(30)10-7-15/h2-12H,13H2,1H3. The van der Waals surface area contributed by atoms with Gasteiger partial charge >= 0.3 is 0 Å². The van der Waals surface area contributed by atoms with E-state index in [0.717, 1.165) is 37.9 Å². The summed E-state index contributed by atoms with van der Waals surface area (Å²) in [6, 6.07) is 19.2. The molecule has 3 aromatic carbocycles. The molecule has 0 spiro atoms. The van der Waals surface area contributed by atoms with Crippen molar-refractivity contribution in [1.82, 2.24) is 14.6 Å². The van der Waals surface area contributed by atoms with Crippen LogP contribution in [0.2, 0.25) is 0 Å². The number of carbonyl (C=O) groups excluding carboxylic acids is 1. The molecule has 0 atom stereocenters. The Hall–Kier alpha value is -4.15. The zero-order valence-electron chi connectivity index (χ0n) is 19.7. The van der Waals surface area contributed by atoms with Crippen molar-refractivity contribution in [3.63, 3.8) is 0 Å². The summed E-state index contributed by atoms with van der Waals surface area (Å²) in [5, 5.41) is 5.41. The van der Waals surface area contributed by atoms with Crippen molar-refractivity contribution >= 4 is 60.4 Å². The highest BCUT2D eigenvalue weighted by atomic mass is 79.9. The van der Waals surface area contributed by atoms with E-state index in [1.54, 1.807) is 17.0 Å². The summed E-state index contributed by atoms with van der Waals surface area (Å²) in [6.45, 7) is 2.17. The molecule has 0 saturated heterocycles. The first-order valence-corrected chi connectivity index (χ1v) is 13.3. The fraction of sp³-hybridized carbons (Fsp3) is 0.0714. The zero-order valence-corrected chi connectivity index (χ0v) is 22.1. The molecule has 0 N–H and O–H groups in total. The Morgan fingerprint density at radius 1 is 1.05 bits per heavy atom. The molecule has 10 heteroatoms. The molecule has 7 nitrogen and oxygen atoms in total. The van der Waals surface area contributed by atoms with E-state index in [0.29, 0.717) is 33.4 Å². The van der Waals surface area contributed by atoms with Gasteiger partial charge in [0.1, 0.15) is 15.9 Å². The molecule has 3 aromatic heterocycles. The second kappa shape index (κ2) is 8.44. The van der Waals surface area contributed by atoms with Crippen molar-refractivity contribution in [2.75, 3.05) is 4.90 Å². The number of furan rings is 1. The number of fused-ring (bicyclic) bond motifs is 3. The predicted octanol–water partition coefficient (Wildman–Crippen LogP) is 5.24. The highest BCUT2D eigenvalue weighted by Crippen LogP contribution is 2.38. The maximum absolute atomic E-state index is 13.7. The summed E-state index contributed by atoms with van der Waals surface area (Å²) in [4.78, 5) is 33.8. The van der Waals surface area contributed by atoms with Crippen LogP contribution in [0.4, 0.5) is 10.1 Å². The van der Waals surface area contributed by atoms with Crippen molar-refractivity contribution in [2.24, 2.45) is 0 Å². The molecular weight excluding hydrogens is 571 g/mol. The Balaban J connectivity index is 1.38. The van der Waals surface area contributed by atoms with Gasteiger partial charge in [-0.3, -0.25) is 9.59 Å². The van der Waals surface area contributed by atoms with Gasteiger partial charge in [-0.05, 0) is 48.9 Å². The average molecular weight is 587 g/mol. The molecule has 186 valence electrons. The normalized spacial score (nSPS) is 14.7. The maximum Gasteiger partial charge on any atom is 0.291 e. The minimum Gasteiger partial charge on any atom is -0.452 e. The van der Waals surface area contributed by atoms with E-state index in [2.05, 4.69) is 26.0 Å². The first-order chi connectivity index (χ1) is 18.4. The van der Waals surface area contributed by atoms with Gasteiger partial charge < -0.3 is 9.32 Å². The molecule has 0 aliphatic carbocycles. The first kappa shape index (κ1) is 23.0. The molecule has 0 bridgehead atoms. The molecule has 0 fully saturated rings. The number of aryl methyl sites for hydroxylation is 1. The van der Waals surface area contributed by atoms with Crippen molar-refractivity contribution in [2.45, 2.75) is 13.5 Å². The highest BCUT2D eigenvalue weighted by molar-refractivity contribution is 9.10. The molecule has 0 unspecified atom stereocenters. The molecule has 6 aromatic rings. The van der Waals surface area contributed by atoms with Crippen molar-refractivity contribution < 1.29 is 13.6 Å². The van der Waals surface area contributed by atoms with Gasteiger partial charge in [-0.2, -0.15) is 9.50 Å². The monoisotopic (exact) mass is 586 g/mol. The number of rotatable bonds is 3. The SMILES string of the molecule is Cc1c(-c2nc3sc(=C4C(=O)N(Cc5ccc(F)cc5)c5ccc(Br)cc54)c(=O)n3n2)oc2ccccc12. The van der Waals surface area contributed by atoms with Crippen LogP contribution in [-0.4, -0.2) is 20.5 Å². The molecule has 7 rings (SSSR count). The second-order valence-electron chi connectivity index (χ2n) is 8.97. The number of benzene rings is 3. The van der Waals surface area contributed by atoms with Gasteiger partial charge in [0.2, 0.25) is 10.8 Å². The number of aromatic nitrogens is 3. The molecule has 1 amide bonds. The molecule has 38 heavy (non-hydrogen) atoms. The number of para-hydroxylation sites is 1. The van der Waals surface area contributed by atoms with Crippen molar-refractivity contribution in [3.8, 4) is 11.6 Å². The molecular formula is C28H16BrFN4O3S. The van der Waals surface area contributed by atoms with E-state index < -0.39 is 5.56 Å². The molecule has 0 saturated carbocycles. The summed E-state index contributed by atoms with van der Waals surface area (Å²) in [5.41, 5.74) is 3.57. The van der Waals surface area contributed by atoms with Crippen molar-refractivity contribution in [3.05, 3.63) is 109 Å². The number of carbonyl (C=O) groups is 1. The Bertz CT molecular complexity index is 2040. The van der Waals surface area contributed by atoms with E-state index >= 15 is 0 Å². The van der Waals surface area contributed by atoms with Gasteiger partial charge in [-0.15, -0.1) is 5.10 Å². The minimum atomic E-state index is -0.421. The van der Waals surface area contributed by atoms with E-state index in [-0.39, 0.29) is 22.8 Å². The predicted molar refractivity (Wildman–Crippen MR) is 147 cm³/mol. The fourth-order valence-corrected chi connectivity index (χ4v) is 6.18. The van der Waals surface area contributed by atoms with E-state index in [9.17, 15) is 14.0 Å². The van der Waals surface area contributed by atoms with Crippen LogP contribution in [-0.2, 0) is 11.3 Å². The van der Waals surface area contributed by atoms with Crippen LogP contribution < -0.4 is 15.0 Å². The maximum atomic E-state index is 13.7. The second-order valence-corrected chi connectivity index (χ2v) is 10.9. The lowest BCUT2D eigenvalue weighted by atomic mass is 10.1. The number of anilines is 1. The Morgan fingerprint density at radius 3 is 2.61 bits per heavy atom. The van der Waals surface area contributed by atoms with Crippen LogP contribution >= 0.6 is 27.3 Å². The van der Waals surface area contributed by atoms with Crippen molar-refractivity contribution in [1.29, 1.82) is 0 Å². The molecule has 0 radical (unpaired) electrons. The summed E-state index contributed by atoms with van der Waals surface area (Å²) in [7, 11) is 0. The lowest BCUT2D eigenvalue weighted by Crippen LogP contribution is -2.32. The van der Waals surface area contributed by atoms with Gasteiger partial charge in [0.05, 0.1) is 17.8 Å². The zero-order chi connectivity index (χ0) is 26.1. The smallest absolute Gasteiger partial charge is 0.291 e. The highest BCUT2D eigenvalue weighted by Gasteiger charge is 2.35. The number of halogens is 2. The fourth-order valence-electron chi connectivity index (χ4n) is 4.82. The number of nitrogens with zero attached hydrogens (tertiary/aromatic N) is 4. The summed E-state index contributed by atoms with van der Waals surface area (Å²) < 4.78 is 21.7. The Labute approximate surface area is 226 Å². The molecule has 1 aliphatic rings. The van der Waals surface area contributed by atoms with Gasteiger partial charge in [-0.1, -0.05) is 57.6 Å². The lowest BCUT2D eigenvalue weighted by Gasteiger charge is -2.17. The average Bonchev–Trinajstić information content (AvgIpc) is 3.62. The molecule has 1 aliphatic heterocycles. The Kier molecular flexibility index (Phi) is 5.11. The van der Waals surface area contributed by atoms with Crippen LogP contribution in [0.25, 0.3) is 33.1 Å². The van der Waals surface area contributed by atoms with Gasteiger partial charge in [0, 0.05) is 21.0 Å². The Morgan fingerprint density at radius 2 is 1.84 bits per heavy atom. The summed E-state index contributed by atoms with van der Waals surface area (Å²) in [6.07, 6.45) is 0. The van der Waals surface area contributed by atoms with Crippen LogP contribution in [0.3, 0.4) is 0 Å². The number of amides is 1. The third-order valence-electron chi connectivity index (χ3n) is 6.66. The summed E-state index contributed by atoms with van der Waals surface area (Å²) >= 11 is 4.60. The summed E-state index contributed by atoms with van der Waals surface area (Å²) in [5.74, 6) is 0.169. The third kappa shape index (κ3) is 3.44. The lowest BCUT2D eigenvalue weighted by molar-refractivity contribution is -0.113. The number of hydrogen-bond acceptors (Lipinski definition) is 6. The van der Waals surface area contributed by atoms with Crippen LogP contribution in [0.15, 0.2) is 80.4 Å². The van der Waals surface area contributed by atoms with Crippen LogP contribution in [0, 0.1) is 12.7 Å².